The molecular formula is C17H19ClN2O2. The van der Waals surface area contributed by atoms with E-state index in [1.165, 1.54) is 5.56 Å². The lowest BCUT2D eigenvalue weighted by Crippen LogP contribution is -2.33. The molecular weight excluding hydrogens is 300 g/mol. The minimum absolute atomic E-state index is 0.0572. The molecule has 0 aliphatic carbocycles. The van der Waals surface area contributed by atoms with Crippen LogP contribution in [0.3, 0.4) is 0 Å². The number of carbonyl (C=O) groups is 1. The molecule has 0 unspecified atom stereocenters. The maximum Gasteiger partial charge on any atom is 0.276 e. The lowest BCUT2D eigenvalue weighted by Gasteiger charge is -2.13. The molecule has 2 N–H and O–H groups in total. The van der Waals surface area contributed by atoms with Crippen LogP contribution in [0.5, 0.6) is 5.75 Å². The van der Waals surface area contributed by atoms with Crippen molar-refractivity contribution in [3.8, 4) is 5.75 Å². The van der Waals surface area contributed by atoms with Crippen molar-refractivity contribution >= 4 is 23.2 Å². The van der Waals surface area contributed by atoms with Crippen LogP contribution in [-0.2, 0) is 4.79 Å². The van der Waals surface area contributed by atoms with Crippen LogP contribution < -0.4 is 15.6 Å². The third-order valence-corrected chi connectivity index (χ3v) is 3.36. The Kier molecular flexibility index (Phi) is 5.28. The number of anilines is 1. The number of rotatable bonds is 5. The molecule has 2 aromatic carbocycles. The van der Waals surface area contributed by atoms with Crippen molar-refractivity contribution in [2.75, 3.05) is 12.0 Å². The Labute approximate surface area is 135 Å². The first-order valence-electron chi connectivity index (χ1n) is 6.97. The number of carbonyl (C=O) groups excluding carboxylic acids is 1. The van der Waals surface area contributed by atoms with Crippen LogP contribution in [-0.4, -0.2) is 12.5 Å². The second-order valence-corrected chi connectivity index (χ2v) is 5.64. The fourth-order valence-electron chi connectivity index (χ4n) is 2.28. The molecule has 2 rings (SSSR count). The summed E-state index contributed by atoms with van der Waals surface area (Å²) in [6.07, 6.45) is 0. The smallest absolute Gasteiger partial charge is 0.276 e. The van der Waals surface area contributed by atoms with Crippen LogP contribution in [0.1, 0.15) is 16.7 Å². The van der Waals surface area contributed by atoms with Crippen molar-refractivity contribution < 1.29 is 9.53 Å². The monoisotopic (exact) mass is 318 g/mol. The zero-order valence-electron chi connectivity index (χ0n) is 12.9. The number of ether oxygens (including phenoxy) is 1. The molecule has 0 bridgehead atoms. The van der Waals surface area contributed by atoms with Gasteiger partial charge in [-0.3, -0.25) is 15.6 Å². The quantitative estimate of drug-likeness (QED) is 0.825. The van der Waals surface area contributed by atoms with Gasteiger partial charge in [-0.2, -0.15) is 0 Å². The highest BCUT2D eigenvalue weighted by Crippen LogP contribution is 2.24. The maximum atomic E-state index is 11.8. The SMILES string of the molecule is Cc1cc(C)c(OCC(=O)NNc2cccc(Cl)c2)c(C)c1. The minimum Gasteiger partial charge on any atom is -0.483 e. The van der Waals surface area contributed by atoms with E-state index in [-0.39, 0.29) is 12.5 Å². The molecule has 2 aromatic rings. The Bertz CT molecular complexity index is 663. The van der Waals surface area contributed by atoms with Gasteiger partial charge in [-0.05, 0) is 50.1 Å². The summed E-state index contributed by atoms with van der Waals surface area (Å²) in [6.45, 7) is 5.92. The third kappa shape index (κ3) is 4.40. The minimum atomic E-state index is -0.264. The fourth-order valence-corrected chi connectivity index (χ4v) is 2.47. The first-order chi connectivity index (χ1) is 10.5. The topological polar surface area (TPSA) is 50.4 Å². The van der Waals surface area contributed by atoms with Crippen LogP contribution in [0.15, 0.2) is 36.4 Å². The molecule has 0 fully saturated rings. The van der Waals surface area contributed by atoms with Gasteiger partial charge >= 0.3 is 0 Å². The number of hydrogen-bond acceptors (Lipinski definition) is 3. The van der Waals surface area contributed by atoms with Crippen molar-refractivity contribution in [3.05, 3.63) is 58.1 Å². The molecule has 0 aromatic heterocycles. The first kappa shape index (κ1) is 16.2. The van der Waals surface area contributed by atoms with Gasteiger partial charge in [-0.25, -0.2) is 0 Å². The normalized spacial score (nSPS) is 10.2. The summed E-state index contributed by atoms with van der Waals surface area (Å²) in [5, 5.41) is 0.599. The van der Waals surface area contributed by atoms with Crippen molar-refractivity contribution in [3.63, 3.8) is 0 Å². The van der Waals surface area contributed by atoms with Gasteiger partial charge in [-0.15, -0.1) is 0 Å². The van der Waals surface area contributed by atoms with Gasteiger partial charge in [0.1, 0.15) is 5.75 Å². The van der Waals surface area contributed by atoms with E-state index in [2.05, 4.69) is 10.9 Å². The number of amides is 1. The van der Waals surface area contributed by atoms with Crippen LogP contribution in [0.2, 0.25) is 5.02 Å². The van der Waals surface area contributed by atoms with Crippen LogP contribution >= 0.6 is 11.6 Å². The molecule has 0 aliphatic rings. The number of hydrazine groups is 1. The van der Waals surface area contributed by atoms with E-state index in [4.69, 9.17) is 16.3 Å². The van der Waals surface area contributed by atoms with Crippen LogP contribution in [0, 0.1) is 20.8 Å². The summed E-state index contributed by atoms with van der Waals surface area (Å²) in [6, 6.07) is 11.2. The number of halogens is 1. The Balaban J connectivity index is 1.88. The van der Waals surface area contributed by atoms with Gasteiger partial charge in [0, 0.05) is 5.02 Å². The lowest BCUT2D eigenvalue weighted by molar-refractivity contribution is -0.122. The predicted molar refractivity (Wildman–Crippen MR) is 89.4 cm³/mol. The number of hydrogen-bond donors (Lipinski definition) is 2. The number of benzene rings is 2. The van der Waals surface area contributed by atoms with Gasteiger partial charge in [0.2, 0.25) is 0 Å². The van der Waals surface area contributed by atoms with Gasteiger partial charge in [0.15, 0.2) is 6.61 Å². The second-order valence-electron chi connectivity index (χ2n) is 5.20. The summed E-state index contributed by atoms with van der Waals surface area (Å²) < 4.78 is 5.62. The molecule has 0 saturated carbocycles. The molecule has 116 valence electrons. The van der Waals surface area contributed by atoms with E-state index in [0.29, 0.717) is 10.7 Å². The summed E-state index contributed by atoms with van der Waals surface area (Å²) in [5.74, 6) is 0.489. The average Bonchev–Trinajstić information content (AvgIpc) is 2.44. The van der Waals surface area contributed by atoms with Crippen LogP contribution in [0.25, 0.3) is 0 Å². The second kappa shape index (κ2) is 7.18. The highest BCUT2D eigenvalue weighted by atomic mass is 35.5. The van der Waals surface area contributed by atoms with E-state index >= 15 is 0 Å². The summed E-state index contributed by atoms with van der Waals surface area (Å²) in [7, 11) is 0. The lowest BCUT2D eigenvalue weighted by atomic mass is 10.1. The van der Waals surface area contributed by atoms with Gasteiger partial charge in [0.05, 0.1) is 5.69 Å². The molecule has 0 aliphatic heterocycles. The molecule has 0 saturated heterocycles. The van der Waals surface area contributed by atoms with E-state index in [1.54, 1.807) is 24.3 Å². The summed E-state index contributed by atoms with van der Waals surface area (Å²) in [4.78, 5) is 11.8. The molecule has 0 spiro atoms. The molecule has 22 heavy (non-hydrogen) atoms. The maximum absolute atomic E-state index is 11.8. The standard InChI is InChI=1S/C17H19ClN2O2/c1-11-7-12(2)17(13(3)8-11)22-10-16(21)20-19-15-6-4-5-14(18)9-15/h4-9,19H,10H2,1-3H3,(H,20,21). The fraction of sp³-hybridized carbons (Fsp3) is 0.235. The molecule has 0 atom stereocenters. The van der Waals surface area contributed by atoms with Crippen LogP contribution in [0.4, 0.5) is 5.69 Å². The van der Waals surface area contributed by atoms with Crippen molar-refractivity contribution in [2.45, 2.75) is 20.8 Å². The Morgan fingerprint density at radius 2 is 1.82 bits per heavy atom. The zero-order chi connectivity index (χ0) is 16.1. The van der Waals surface area contributed by atoms with Gasteiger partial charge in [-0.1, -0.05) is 35.4 Å². The number of aryl methyl sites for hydroxylation is 3. The Hall–Kier alpha value is -2.20. The average molecular weight is 319 g/mol. The Morgan fingerprint density at radius 1 is 1.14 bits per heavy atom. The highest BCUT2D eigenvalue weighted by molar-refractivity contribution is 6.30. The highest BCUT2D eigenvalue weighted by Gasteiger charge is 2.08. The van der Waals surface area contributed by atoms with E-state index < -0.39 is 0 Å². The molecule has 4 nitrogen and oxygen atoms in total. The number of nitrogens with one attached hydrogen (secondary N) is 2. The molecule has 0 radical (unpaired) electrons. The molecule has 1 amide bonds. The van der Waals surface area contributed by atoms with E-state index in [9.17, 15) is 4.79 Å². The first-order valence-corrected chi connectivity index (χ1v) is 7.34. The van der Waals surface area contributed by atoms with Gasteiger partial charge < -0.3 is 4.74 Å². The molecule has 5 heteroatoms. The molecule has 0 heterocycles. The van der Waals surface area contributed by atoms with Crippen molar-refractivity contribution in [1.82, 2.24) is 5.43 Å². The Morgan fingerprint density at radius 3 is 2.45 bits per heavy atom. The van der Waals surface area contributed by atoms with E-state index in [1.807, 2.05) is 32.9 Å². The predicted octanol–water partition coefficient (Wildman–Crippen LogP) is 3.79. The third-order valence-electron chi connectivity index (χ3n) is 3.12. The van der Waals surface area contributed by atoms with Gasteiger partial charge in [0.25, 0.3) is 5.91 Å². The van der Waals surface area contributed by atoms with Crippen molar-refractivity contribution in [1.29, 1.82) is 0 Å². The van der Waals surface area contributed by atoms with E-state index in [0.717, 1.165) is 16.9 Å². The zero-order valence-corrected chi connectivity index (χ0v) is 13.6. The largest absolute Gasteiger partial charge is 0.483 e. The van der Waals surface area contributed by atoms with Crippen molar-refractivity contribution in [2.24, 2.45) is 0 Å². The summed E-state index contributed by atoms with van der Waals surface area (Å²) >= 11 is 5.87. The summed E-state index contributed by atoms with van der Waals surface area (Å²) in [5.41, 5.74) is 9.30.